The van der Waals surface area contributed by atoms with Gasteiger partial charge in [-0.05, 0) is 37.6 Å². The third kappa shape index (κ3) is 4.03. The van der Waals surface area contributed by atoms with Gasteiger partial charge in [0.1, 0.15) is 0 Å². The largest absolute Gasteiger partial charge is 0.372 e. The van der Waals surface area contributed by atoms with Crippen molar-refractivity contribution >= 4 is 17.3 Å². The average Bonchev–Trinajstić information content (AvgIpc) is 2.62. The Kier molecular flexibility index (Phi) is 5.54. The summed E-state index contributed by atoms with van der Waals surface area (Å²) in [6.07, 6.45) is 0.294. The molecule has 0 aromatic heterocycles. The smallest absolute Gasteiger partial charge is 0.238 e. The first-order chi connectivity index (χ1) is 12.5. The predicted octanol–water partition coefficient (Wildman–Crippen LogP) is 3.00. The summed E-state index contributed by atoms with van der Waals surface area (Å²) in [7, 11) is 0. The zero-order chi connectivity index (χ0) is 18.7. The minimum absolute atomic E-state index is 0.136. The number of nitrogens with zero attached hydrogens (tertiary/aromatic N) is 1. The molecule has 1 aliphatic heterocycles. The highest BCUT2D eigenvalue weighted by Gasteiger charge is 2.22. The van der Waals surface area contributed by atoms with Crippen molar-refractivity contribution in [2.24, 2.45) is 5.73 Å². The lowest BCUT2D eigenvalue weighted by Crippen LogP contribution is -2.45. The Labute approximate surface area is 152 Å². The number of rotatable bonds is 4. The predicted molar refractivity (Wildman–Crippen MR) is 102 cm³/mol. The molecule has 0 radical (unpaired) electrons. The minimum atomic E-state index is -0.463. The van der Waals surface area contributed by atoms with E-state index < -0.39 is 11.7 Å². The molecule has 1 saturated heterocycles. The van der Waals surface area contributed by atoms with Crippen molar-refractivity contribution in [2.45, 2.75) is 26.1 Å². The summed E-state index contributed by atoms with van der Waals surface area (Å²) < 4.78 is 20.6. The Morgan fingerprint density at radius 1 is 1.23 bits per heavy atom. The van der Waals surface area contributed by atoms with Gasteiger partial charge in [-0.2, -0.15) is 0 Å². The van der Waals surface area contributed by atoms with Crippen molar-refractivity contribution in [3.63, 3.8) is 0 Å². The number of halogens is 1. The highest BCUT2D eigenvalue weighted by molar-refractivity contribution is 5.93. The van der Waals surface area contributed by atoms with E-state index in [0.717, 1.165) is 24.3 Å². The summed E-state index contributed by atoms with van der Waals surface area (Å²) in [4.78, 5) is 13.7. The van der Waals surface area contributed by atoms with Gasteiger partial charge in [0.25, 0.3) is 0 Å². The van der Waals surface area contributed by atoms with Crippen molar-refractivity contribution in [1.29, 1.82) is 0 Å². The van der Waals surface area contributed by atoms with E-state index in [1.165, 1.54) is 6.07 Å². The van der Waals surface area contributed by atoms with Crippen LogP contribution in [0, 0.1) is 5.82 Å². The first kappa shape index (κ1) is 18.4. The van der Waals surface area contributed by atoms with Crippen LogP contribution in [0.3, 0.4) is 0 Å². The number of carbonyl (C=O) groups is 1. The molecule has 5 nitrogen and oxygen atoms in total. The van der Waals surface area contributed by atoms with Gasteiger partial charge in [-0.15, -0.1) is 0 Å². The molecular weight excluding hydrogens is 333 g/mol. The van der Waals surface area contributed by atoms with Crippen LogP contribution in [0.5, 0.6) is 0 Å². The van der Waals surface area contributed by atoms with Gasteiger partial charge in [0.05, 0.1) is 24.4 Å². The minimum Gasteiger partial charge on any atom is -0.372 e. The van der Waals surface area contributed by atoms with Crippen LogP contribution in [0.2, 0.25) is 0 Å². The van der Waals surface area contributed by atoms with Crippen molar-refractivity contribution in [1.82, 2.24) is 0 Å². The van der Waals surface area contributed by atoms with E-state index in [4.69, 9.17) is 10.5 Å². The zero-order valence-electron chi connectivity index (χ0n) is 15.0. The molecule has 1 fully saturated rings. The molecule has 6 heteroatoms. The Bertz CT molecular complexity index is 786. The molecule has 1 heterocycles. The first-order valence-electron chi connectivity index (χ1n) is 8.77. The molecule has 0 bridgehead atoms. The second kappa shape index (κ2) is 7.85. The Morgan fingerprint density at radius 2 is 1.92 bits per heavy atom. The molecule has 0 saturated carbocycles. The SMILES string of the molecule is CC1CN(c2cccc(-c3cccc(NC(=O)CN)c3F)c2)CC(C)O1. The molecule has 3 rings (SSSR count). The molecule has 26 heavy (non-hydrogen) atoms. The lowest BCUT2D eigenvalue weighted by molar-refractivity contribution is -0.114. The summed E-state index contributed by atoms with van der Waals surface area (Å²) in [5.74, 6) is -0.888. The number of amides is 1. The van der Waals surface area contributed by atoms with Gasteiger partial charge in [-0.3, -0.25) is 4.79 Å². The number of hydrogen-bond donors (Lipinski definition) is 2. The van der Waals surface area contributed by atoms with Crippen molar-refractivity contribution in [3.05, 3.63) is 48.3 Å². The number of nitrogens with two attached hydrogens (primary N) is 1. The molecule has 2 atom stereocenters. The lowest BCUT2D eigenvalue weighted by Gasteiger charge is -2.37. The van der Waals surface area contributed by atoms with Gasteiger partial charge >= 0.3 is 0 Å². The number of benzene rings is 2. The van der Waals surface area contributed by atoms with Gasteiger partial charge in [0.15, 0.2) is 5.82 Å². The van der Waals surface area contributed by atoms with Crippen LogP contribution in [0.25, 0.3) is 11.1 Å². The fourth-order valence-electron chi connectivity index (χ4n) is 3.31. The summed E-state index contributed by atoms with van der Waals surface area (Å²) in [6, 6.07) is 12.7. The van der Waals surface area contributed by atoms with Crippen LogP contribution in [0.1, 0.15) is 13.8 Å². The monoisotopic (exact) mass is 357 g/mol. The van der Waals surface area contributed by atoms with E-state index in [9.17, 15) is 9.18 Å². The van der Waals surface area contributed by atoms with E-state index in [-0.39, 0.29) is 24.4 Å². The van der Waals surface area contributed by atoms with Crippen LogP contribution in [0.4, 0.5) is 15.8 Å². The quantitative estimate of drug-likeness (QED) is 0.883. The van der Waals surface area contributed by atoms with Crippen LogP contribution in [-0.2, 0) is 9.53 Å². The van der Waals surface area contributed by atoms with E-state index >= 15 is 0 Å². The van der Waals surface area contributed by atoms with E-state index in [1.807, 2.05) is 24.3 Å². The zero-order valence-corrected chi connectivity index (χ0v) is 15.0. The topological polar surface area (TPSA) is 67.6 Å². The molecule has 3 N–H and O–H groups in total. The van der Waals surface area contributed by atoms with Crippen molar-refractivity contribution < 1.29 is 13.9 Å². The average molecular weight is 357 g/mol. The third-order valence-corrected chi connectivity index (χ3v) is 4.40. The highest BCUT2D eigenvalue weighted by atomic mass is 19.1. The fraction of sp³-hybridized carbons (Fsp3) is 0.350. The summed E-state index contributed by atoms with van der Waals surface area (Å²) in [5.41, 5.74) is 7.66. The number of morpholine rings is 1. The molecule has 138 valence electrons. The number of carbonyl (C=O) groups excluding carboxylic acids is 1. The van der Waals surface area contributed by atoms with Crippen molar-refractivity contribution in [3.8, 4) is 11.1 Å². The van der Waals surface area contributed by atoms with Gasteiger partial charge in [-0.25, -0.2) is 4.39 Å². The molecule has 2 aromatic rings. The normalized spacial score (nSPS) is 20.1. The lowest BCUT2D eigenvalue weighted by atomic mass is 10.0. The first-order valence-corrected chi connectivity index (χ1v) is 8.77. The Morgan fingerprint density at radius 3 is 2.62 bits per heavy atom. The van der Waals surface area contributed by atoms with Gasteiger partial charge in [0.2, 0.25) is 5.91 Å². The number of ether oxygens (including phenoxy) is 1. The van der Waals surface area contributed by atoms with Crippen LogP contribution in [-0.4, -0.2) is 37.7 Å². The molecular formula is C20H24FN3O2. The van der Waals surface area contributed by atoms with Crippen molar-refractivity contribution in [2.75, 3.05) is 29.9 Å². The van der Waals surface area contributed by atoms with Gasteiger partial charge < -0.3 is 20.7 Å². The van der Waals surface area contributed by atoms with E-state index in [1.54, 1.807) is 12.1 Å². The Hall–Kier alpha value is -2.44. The second-order valence-electron chi connectivity index (χ2n) is 6.63. The fourth-order valence-corrected chi connectivity index (χ4v) is 3.31. The van der Waals surface area contributed by atoms with Crippen LogP contribution < -0.4 is 16.0 Å². The van der Waals surface area contributed by atoms with Gasteiger partial charge in [0, 0.05) is 24.3 Å². The summed E-state index contributed by atoms with van der Waals surface area (Å²) in [6.45, 7) is 5.50. The third-order valence-electron chi connectivity index (χ3n) is 4.40. The summed E-state index contributed by atoms with van der Waals surface area (Å²) >= 11 is 0. The van der Waals surface area contributed by atoms with Gasteiger partial charge in [-0.1, -0.05) is 24.3 Å². The molecule has 1 amide bonds. The highest BCUT2D eigenvalue weighted by Crippen LogP contribution is 2.31. The standard InChI is InChI=1S/C20H24FN3O2/c1-13-11-24(12-14(2)26-13)16-6-3-5-15(9-16)17-7-4-8-18(20(17)21)23-19(25)10-22/h3-9,13-14H,10-12,22H2,1-2H3,(H,23,25). The van der Waals surface area contributed by atoms with Crippen LogP contribution >= 0.6 is 0 Å². The maximum atomic E-state index is 14.9. The number of hydrogen-bond acceptors (Lipinski definition) is 4. The van der Waals surface area contributed by atoms with E-state index in [0.29, 0.717) is 5.56 Å². The Balaban J connectivity index is 1.91. The van der Waals surface area contributed by atoms with Crippen LogP contribution in [0.15, 0.2) is 42.5 Å². The molecule has 2 unspecified atom stereocenters. The number of nitrogens with one attached hydrogen (secondary N) is 1. The maximum absolute atomic E-state index is 14.9. The molecule has 0 spiro atoms. The molecule has 0 aliphatic carbocycles. The second-order valence-corrected chi connectivity index (χ2v) is 6.63. The molecule has 1 aliphatic rings. The summed E-state index contributed by atoms with van der Waals surface area (Å²) in [5, 5.41) is 2.49. The molecule has 2 aromatic carbocycles. The number of anilines is 2. The maximum Gasteiger partial charge on any atom is 0.238 e. The van der Waals surface area contributed by atoms with E-state index in [2.05, 4.69) is 24.1 Å².